The quantitative estimate of drug-likeness (QED) is 0.476. The Balaban J connectivity index is 1.65. The van der Waals surface area contributed by atoms with E-state index in [9.17, 15) is 4.79 Å². The van der Waals surface area contributed by atoms with Gasteiger partial charge in [0.25, 0.3) is 5.91 Å². The molecule has 0 saturated heterocycles. The lowest BCUT2D eigenvalue weighted by Crippen LogP contribution is -2.13. The molecule has 146 valence electrons. The van der Waals surface area contributed by atoms with Crippen LogP contribution in [0.5, 0.6) is 0 Å². The molecule has 2 heterocycles. The molecule has 4 aromatic rings. The Bertz CT molecular complexity index is 1200. The molecule has 0 saturated carbocycles. The topological polar surface area (TPSA) is 72.7 Å². The molecule has 0 aliphatic carbocycles. The van der Waals surface area contributed by atoms with Gasteiger partial charge in [-0.15, -0.1) is 10.2 Å². The minimum absolute atomic E-state index is 0.166. The molecule has 0 aliphatic heterocycles. The van der Waals surface area contributed by atoms with Crippen LogP contribution < -0.4 is 5.32 Å². The molecule has 0 radical (unpaired) electrons. The second kappa shape index (κ2) is 7.64. The van der Waals surface area contributed by atoms with E-state index in [1.54, 1.807) is 23.1 Å². The van der Waals surface area contributed by atoms with E-state index in [0.29, 0.717) is 22.7 Å². The number of fused-ring (bicyclic) bond motifs is 1. The Kier molecular flexibility index (Phi) is 5.03. The molecule has 1 N–H and O–H groups in total. The normalized spacial score (nSPS) is 11.2. The number of hydrogen-bond donors (Lipinski definition) is 1. The number of nitrogens with one attached hydrogen (secondary N) is 1. The van der Waals surface area contributed by atoms with Crippen LogP contribution in [-0.2, 0) is 0 Å². The van der Waals surface area contributed by atoms with Crippen molar-refractivity contribution < 1.29 is 4.79 Å². The first kappa shape index (κ1) is 19.1. The molecule has 29 heavy (non-hydrogen) atoms. The van der Waals surface area contributed by atoms with Gasteiger partial charge >= 0.3 is 0 Å². The molecule has 6 nitrogen and oxygen atoms in total. The Morgan fingerprint density at radius 3 is 2.41 bits per heavy atom. The Hall–Kier alpha value is -3.25. The number of rotatable bonds is 4. The zero-order chi connectivity index (χ0) is 20.5. The Morgan fingerprint density at radius 1 is 1.07 bits per heavy atom. The van der Waals surface area contributed by atoms with E-state index in [1.165, 1.54) is 5.56 Å². The smallest absolute Gasteiger partial charge is 0.258 e. The number of amides is 1. The number of carbonyl (C=O) groups is 1. The standard InChI is InChI=1S/C22H20ClN5O/c1-13(2)15-6-8-16(9-7-15)28-26-19-11-14(3)18(12-20(19)27-28)25-22(29)17-5-4-10-24-21(17)23/h4-13H,1-3H3,(H,25,29). The van der Waals surface area contributed by atoms with Crippen LogP contribution in [-0.4, -0.2) is 25.9 Å². The van der Waals surface area contributed by atoms with Crippen LogP contribution in [0, 0.1) is 6.92 Å². The highest BCUT2D eigenvalue weighted by molar-refractivity contribution is 6.33. The van der Waals surface area contributed by atoms with Gasteiger partial charge in [0.15, 0.2) is 0 Å². The molecule has 0 atom stereocenters. The zero-order valence-corrected chi connectivity index (χ0v) is 17.1. The van der Waals surface area contributed by atoms with Crippen molar-refractivity contribution in [1.82, 2.24) is 20.0 Å². The highest BCUT2D eigenvalue weighted by atomic mass is 35.5. The predicted molar refractivity (Wildman–Crippen MR) is 115 cm³/mol. The van der Waals surface area contributed by atoms with Crippen LogP contribution in [0.1, 0.15) is 41.3 Å². The van der Waals surface area contributed by atoms with Crippen molar-refractivity contribution in [3.8, 4) is 5.69 Å². The van der Waals surface area contributed by atoms with Gasteiger partial charge in [0.1, 0.15) is 16.2 Å². The van der Waals surface area contributed by atoms with E-state index in [4.69, 9.17) is 11.6 Å². The van der Waals surface area contributed by atoms with Gasteiger partial charge < -0.3 is 5.32 Å². The van der Waals surface area contributed by atoms with E-state index in [-0.39, 0.29) is 11.1 Å². The minimum atomic E-state index is -0.317. The number of nitrogens with zero attached hydrogens (tertiary/aromatic N) is 4. The summed E-state index contributed by atoms with van der Waals surface area (Å²) >= 11 is 6.02. The van der Waals surface area contributed by atoms with E-state index in [2.05, 4.69) is 46.5 Å². The fourth-order valence-corrected chi connectivity index (χ4v) is 3.26. The highest BCUT2D eigenvalue weighted by Gasteiger charge is 2.14. The summed E-state index contributed by atoms with van der Waals surface area (Å²) in [4.78, 5) is 18.1. The van der Waals surface area contributed by atoms with Gasteiger partial charge in [0.05, 0.1) is 11.3 Å². The number of anilines is 1. The molecule has 0 unspecified atom stereocenters. The van der Waals surface area contributed by atoms with E-state index >= 15 is 0 Å². The maximum atomic E-state index is 12.6. The lowest BCUT2D eigenvalue weighted by atomic mass is 10.0. The van der Waals surface area contributed by atoms with E-state index in [1.807, 2.05) is 31.2 Å². The van der Waals surface area contributed by atoms with Crippen LogP contribution >= 0.6 is 11.6 Å². The second-order valence-electron chi connectivity index (χ2n) is 7.19. The number of pyridine rings is 1. The van der Waals surface area contributed by atoms with Crippen LogP contribution in [0.2, 0.25) is 5.15 Å². The lowest BCUT2D eigenvalue weighted by molar-refractivity contribution is 0.102. The predicted octanol–water partition coefficient (Wildman–Crippen LogP) is 5.15. The molecular formula is C22H20ClN5O. The summed E-state index contributed by atoms with van der Waals surface area (Å²) in [5.74, 6) is 0.151. The van der Waals surface area contributed by atoms with E-state index in [0.717, 1.165) is 16.8 Å². The second-order valence-corrected chi connectivity index (χ2v) is 7.55. The average molecular weight is 406 g/mol. The largest absolute Gasteiger partial charge is 0.322 e. The summed E-state index contributed by atoms with van der Waals surface area (Å²) in [6.07, 6.45) is 1.54. The average Bonchev–Trinajstić information content (AvgIpc) is 3.11. The number of aromatic nitrogens is 4. The van der Waals surface area contributed by atoms with Gasteiger partial charge in [0, 0.05) is 11.9 Å². The van der Waals surface area contributed by atoms with Crippen molar-refractivity contribution in [1.29, 1.82) is 0 Å². The van der Waals surface area contributed by atoms with Crippen LogP contribution in [0.15, 0.2) is 54.7 Å². The SMILES string of the molecule is Cc1cc2nn(-c3ccc(C(C)C)cc3)nc2cc1NC(=O)c1cccnc1Cl. The first-order valence-corrected chi connectivity index (χ1v) is 9.70. The Morgan fingerprint density at radius 2 is 1.76 bits per heavy atom. The maximum absolute atomic E-state index is 12.6. The molecule has 2 aromatic heterocycles. The van der Waals surface area contributed by atoms with Crippen molar-refractivity contribution in [2.75, 3.05) is 5.32 Å². The lowest BCUT2D eigenvalue weighted by Gasteiger charge is -2.08. The molecule has 2 aromatic carbocycles. The number of benzene rings is 2. The van der Waals surface area contributed by atoms with Gasteiger partial charge in [-0.05, 0) is 60.4 Å². The Labute approximate surface area is 173 Å². The monoisotopic (exact) mass is 405 g/mol. The molecule has 4 rings (SSSR count). The fourth-order valence-electron chi connectivity index (χ4n) is 3.06. The zero-order valence-electron chi connectivity index (χ0n) is 16.3. The molecule has 0 bridgehead atoms. The third kappa shape index (κ3) is 3.84. The molecular weight excluding hydrogens is 386 g/mol. The van der Waals surface area contributed by atoms with Gasteiger partial charge in [-0.1, -0.05) is 37.6 Å². The van der Waals surface area contributed by atoms with Crippen molar-refractivity contribution in [3.05, 3.63) is 76.6 Å². The molecule has 1 amide bonds. The van der Waals surface area contributed by atoms with E-state index < -0.39 is 0 Å². The fraction of sp³-hybridized carbons (Fsp3) is 0.182. The molecule has 0 spiro atoms. The number of aryl methyl sites for hydroxylation is 1. The third-order valence-electron chi connectivity index (χ3n) is 4.77. The summed E-state index contributed by atoms with van der Waals surface area (Å²) in [5, 5.41) is 12.2. The van der Waals surface area contributed by atoms with Crippen LogP contribution in [0.25, 0.3) is 16.7 Å². The summed E-state index contributed by atoms with van der Waals surface area (Å²) in [6.45, 7) is 6.23. The van der Waals surface area contributed by atoms with Crippen molar-refractivity contribution in [3.63, 3.8) is 0 Å². The van der Waals surface area contributed by atoms with Crippen LogP contribution in [0.4, 0.5) is 5.69 Å². The first-order valence-electron chi connectivity index (χ1n) is 9.32. The number of halogens is 1. The molecule has 0 fully saturated rings. The third-order valence-corrected chi connectivity index (χ3v) is 5.07. The highest BCUT2D eigenvalue weighted by Crippen LogP contribution is 2.24. The summed E-state index contributed by atoms with van der Waals surface area (Å²) in [7, 11) is 0. The van der Waals surface area contributed by atoms with Gasteiger partial charge in [0.2, 0.25) is 0 Å². The summed E-state index contributed by atoms with van der Waals surface area (Å²) in [6, 6.07) is 15.2. The number of carbonyl (C=O) groups excluding carboxylic acids is 1. The minimum Gasteiger partial charge on any atom is -0.322 e. The summed E-state index contributed by atoms with van der Waals surface area (Å²) < 4.78 is 0. The molecule has 7 heteroatoms. The maximum Gasteiger partial charge on any atom is 0.258 e. The van der Waals surface area contributed by atoms with Gasteiger partial charge in [-0.25, -0.2) is 4.98 Å². The first-order chi connectivity index (χ1) is 13.9. The van der Waals surface area contributed by atoms with Crippen molar-refractivity contribution >= 4 is 34.2 Å². The van der Waals surface area contributed by atoms with Crippen molar-refractivity contribution in [2.24, 2.45) is 0 Å². The van der Waals surface area contributed by atoms with Gasteiger partial charge in [-0.3, -0.25) is 4.79 Å². The summed E-state index contributed by atoms with van der Waals surface area (Å²) in [5.41, 5.74) is 5.46. The van der Waals surface area contributed by atoms with Gasteiger partial charge in [-0.2, -0.15) is 4.80 Å². The van der Waals surface area contributed by atoms with Crippen molar-refractivity contribution in [2.45, 2.75) is 26.7 Å². The number of hydrogen-bond acceptors (Lipinski definition) is 4. The van der Waals surface area contributed by atoms with Crippen LogP contribution in [0.3, 0.4) is 0 Å². The molecule has 0 aliphatic rings.